The molecule has 0 aliphatic heterocycles. The molecule has 0 spiro atoms. The molecule has 0 aliphatic rings. The molecular formula is C14H20ClNO. The van der Waals surface area contributed by atoms with Gasteiger partial charge in [-0.15, -0.1) is 11.6 Å². The largest absolute Gasteiger partial charge is 0.355 e. The maximum atomic E-state index is 11.6. The lowest BCUT2D eigenvalue weighted by atomic mass is 9.86. The van der Waals surface area contributed by atoms with E-state index in [1.54, 1.807) is 0 Å². The van der Waals surface area contributed by atoms with Gasteiger partial charge in [0.15, 0.2) is 0 Å². The summed E-state index contributed by atoms with van der Waals surface area (Å²) in [6.45, 7) is 8.95. The van der Waals surface area contributed by atoms with Gasteiger partial charge in [-0.1, -0.05) is 45.0 Å². The number of carbonyl (C=O) groups is 1. The van der Waals surface area contributed by atoms with E-state index in [2.05, 4.69) is 26.1 Å². The Hall–Kier alpha value is -1.02. The molecule has 1 atom stereocenters. The van der Waals surface area contributed by atoms with Crippen molar-refractivity contribution in [1.82, 2.24) is 5.32 Å². The van der Waals surface area contributed by atoms with E-state index in [0.29, 0.717) is 6.54 Å². The van der Waals surface area contributed by atoms with Crippen LogP contribution in [-0.4, -0.2) is 12.5 Å². The fourth-order valence-electron chi connectivity index (χ4n) is 1.57. The van der Waals surface area contributed by atoms with E-state index in [-0.39, 0.29) is 11.3 Å². The Bertz CT molecular complexity index is 378. The molecule has 0 saturated heterocycles. The van der Waals surface area contributed by atoms with Crippen LogP contribution in [0.5, 0.6) is 0 Å². The number of carbonyl (C=O) groups excluding carboxylic acids is 1. The minimum atomic E-state index is -0.607. The summed E-state index contributed by atoms with van der Waals surface area (Å²) in [6, 6.07) is 7.91. The highest BCUT2D eigenvalue weighted by Crippen LogP contribution is 2.26. The Morgan fingerprint density at radius 1 is 1.29 bits per heavy atom. The Labute approximate surface area is 108 Å². The second-order valence-electron chi connectivity index (χ2n) is 5.13. The van der Waals surface area contributed by atoms with Crippen LogP contribution in [0.25, 0.3) is 0 Å². The highest BCUT2D eigenvalue weighted by Gasteiger charge is 2.18. The molecule has 2 nitrogen and oxygen atoms in total. The summed E-state index contributed by atoms with van der Waals surface area (Å²) < 4.78 is 0. The molecule has 17 heavy (non-hydrogen) atoms. The van der Waals surface area contributed by atoms with Gasteiger partial charge in [-0.05, 0) is 23.5 Å². The molecule has 94 valence electrons. The summed E-state index contributed by atoms with van der Waals surface area (Å²) in [7, 11) is 0. The first kappa shape index (κ1) is 14.0. The van der Waals surface area contributed by atoms with E-state index in [0.717, 1.165) is 5.56 Å². The monoisotopic (exact) mass is 253 g/mol. The van der Waals surface area contributed by atoms with Gasteiger partial charge in [0.25, 0.3) is 0 Å². The molecule has 1 aromatic rings. The normalized spacial score (nSPS) is 13.2. The number of alkyl halides is 1. The van der Waals surface area contributed by atoms with Crippen LogP contribution >= 0.6 is 11.6 Å². The maximum Gasteiger partial charge on any atom is 0.242 e. The number of likely N-dealkylation sites (N-methyl/N-ethyl adjacent to an activating group) is 1. The second-order valence-corrected chi connectivity index (χ2v) is 5.57. The van der Waals surface area contributed by atoms with Gasteiger partial charge in [0, 0.05) is 6.54 Å². The van der Waals surface area contributed by atoms with Crippen molar-refractivity contribution in [2.45, 2.75) is 38.5 Å². The van der Waals surface area contributed by atoms with Crippen molar-refractivity contribution in [2.24, 2.45) is 0 Å². The summed E-state index contributed by atoms with van der Waals surface area (Å²) >= 11 is 6.09. The average molecular weight is 254 g/mol. The van der Waals surface area contributed by atoms with Crippen LogP contribution in [0.4, 0.5) is 0 Å². The third-order valence-corrected chi connectivity index (χ3v) is 3.10. The molecule has 0 aliphatic carbocycles. The molecule has 0 saturated carbocycles. The van der Waals surface area contributed by atoms with Crippen molar-refractivity contribution in [3.8, 4) is 0 Å². The third-order valence-electron chi connectivity index (χ3n) is 2.65. The van der Waals surface area contributed by atoms with Crippen LogP contribution in [0, 0.1) is 0 Å². The molecule has 1 N–H and O–H groups in total. The lowest BCUT2D eigenvalue weighted by Crippen LogP contribution is -2.26. The Morgan fingerprint density at radius 3 is 2.24 bits per heavy atom. The number of benzene rings is 1. The van der Waals surface area contributed by atoms with E-state index in [1.807, 2.05) is 31.2 Å². The molecule has 1 aromatic carbocycles. The fourth-order valence-corrected chi connectivity index (χ4v) is 1.79. The molecule has 3 heteroatoms. The van der Waals surface area contributed by atoms with Crippen LogP contribution in [0.15, 0.2) is 24.3 Å². The summed E-state index contributed by atoms with van der Waals surface area (Å²) in [5, 5.41) is 2.11. The topological polar surface area (TPSA) is 29.1 Å². The van der Waals surface area contributed by atoms with Gasteiger partial charge >= 0.3 is 0 Å². The van der Waals surface area contributed by atoms with E-state index in [1.165, 1.54) is 5.56 Å². The number of hydrogen-bond donors (Lipinski definition) is 1. The van der Waals surface area contributed by atoms with Crippen LogP contribution in [0.3, 0.4) is 0 Å². The number of halogens is 1. The average Bonchev–Trinajstić information content (AvgIpc) is 2.27. The number of rotatable bonds is 3. The van der Waals surface area contributed by atoms with Crippen molar-refractivity contribution in [2.75, 3.05) is 6.54 Å². The van der Waals surface area contributed by atoms with Crippen LogP contribution in [-0.2, 0) is 10.2 Å². The lowest BCUT2D eigenvalue weighted by molar-refractivity contribution is -0.120. The number of amides is 1. The van der Waals surface area contributed by atoms with Gasteiger partial charge in [0.2, 0.25) is 5.91 Å². The molecule has 0 heterocycles. The summed E-state index contributed by atoms with van der Waals surface area (Å²) in [5.41, 5.74) is 2.19. The van der Waals surface area contributed by atoms with Crippen LogP contribution in [0.1, 0.15) is 44.2 Å². The predicted octanol–water partition coefficient (Wildman–Crippen LogP) is 3.40. The zero-order valence-electron chi connectivity index (χ0n) is 10.9. The Balaban J connectivity index is 2.84. The lowest BCUT2D eigenvalue weighted by Gasteiger charge is -2.19. The molecule has 1 amide bonds. The molecule has 0 bridgehead atoms. The van der Waals surface area contributed by atoms with E-state index < -0.39 is 5.38 Å². The third kappa shape index (κ3) is 3.74. The van der Waals surface area contributed by atoms with Crippen molar-refractivity contribution in [1.29, 1.82) is 0 Å². The predicted molar refractivity (Wildman–Crippen MR) is 72.4 cm³/mol. The SMILES string of the molecule is CCNC(=O)C(Cl)c1ccc(C(C)(C)C)cc1. The second kappa shape index (κ2) is 5.54. The van der Waals surface area contributed by atoms with Crippen molar-refractivity contribution in [3.05, 3.63) is 35.4 Å². The van der Waals surface area contributed by atoms with E-state index in [4.69, 9.17) is 11.6 Å². The molecular weight excluding hydrogens is 234 g/mol. The number of hydrogen-bond acceptors (Lipinski definition) is 1. The molecule has 0 aromatic heterocycles. The van der Waals surface area contributed by atoms with Gasteiger partial charge in [-0.2, -0.15) is 0 Å². The highest BCUT2D eigenvalue weighted by atomic mass is 35.5. The van der Waals surface area contributed by atoms with Crippen molar-refractivity contribution < 1.29 is 4.79 Å². The molecule has 0 radical (unpaired) electrons. The Morgan fingerprint density at radius 2 is 1.82 bits per heavy atom. The van der Waals surface area contributed by atoms with Gasteiger partial charge < -0.3 is 5.32 Å². The summed E-state index contributed by atoms with van der Waals surface area (Å²) in [4.78, 5) is 11.6. The molecule has 1 rings (SSSR count). The van der Waals surface area contributed by atoms with Crippen molar-refractivity contribution >= 4 is 17.5 Å². The van der Waals surface area contributed by atoms with Crippen LogP contribution < -0.4 is 5.32 Å². The fraction of sp³-hybridized carbons (Fsp3) is 0.500. The maximum absolute atomic E-state index is 11.6. The quantitative estimate of drug-likeness (QED) is 0.822. The van der Waals surface area contributed by atoms with Gasteiger partial charge in [0.1, 0.15) is 5.38 Å². The summed E-state index contributed by atoms with van der Waals surface area (Å²) in [5.74, 6) is -0.141. The van der Waals surface area contributed by atoms with Gasteiger partial charge in [0.05, 0.1) is 0 Å². The smallest absolute Gasteiger partial charge is 0.242 e. The minimum Gasteiger partial charge on any atom is -0.355 e. The van der Waals surface area contributed by atoms with Gasteiger partial charge in [-0.3, -0.25) is 4.79 Å². The van der Waals surface area contributed by atoms with E-state index >= 15 is 0 Å². The first-order chi connectivity index (χ1) is 7.86. The minimum absolute atomic E-state index is 0.117. The Kier molecular flexibility index (Phi) is 4.58. The van der Waals surface area contributed by atoms with E-state index in [9.17, 15) is 4.79 Å². The zero-order valence-corrected chi connectivity index (χ0v) is 11.6. The molecule has 0 fully saturated rings. The van der Waals surface area contributed by atoms with Crippen molar-refractivity contribution in [3.63, 3.8) is 0 Å². The highest BCUT2D eigenvalue weighted by molar-refractivity contribution is 6.30. The van der Waals surface area contributed by atoms with Gasteiger partial charge in [-0.25, -0.2) is 0 Å². The zero-order chi connectivity index (χ0) is 13.1. The summed E-state index contributed by atoms with van der Waals surface area (Å²) in [6.07, 6.45) is 0. The number of nitrogens with one attached hydrogen (secondary N) is 1. The molecule has 1 unspecified atom stereocenters. The van der Waals surface area contributed by atoms with Crippen LogP contribution in [0.2, 0.25) is 0 Å². The first-order valence-electron chi connectivity index (χ1n) is 5.88. The standard InChI is InChI=1S/C14H20ClNO/c1-5-16-13(17)12(15)10-6-8-11(9-7-10)14(2,3)4/h6-9,12H,5H2,1-4H3,(H,16,17). The first-order valence-corrected chi connectivity index (χ1v) is 6.32.